The summed E-state index contributed by atoms with van der Waals surface area (Å²) in [7, 11) is 0. The minimum atomic E-state index is -2.85. The Labute approximate surface area is 125 Å². The lowest BCUT2D eigenvalue weighted by molar-refractivity contribution is -0.0498. The highest BCUT2D eigenvalue weighted by Crippen LogP contribution is 2.22. The molecule has 1 heterocycles. The van der Waals surface area contributed by atoms with E-state index >= 15 is 0 Å². The number of rotatable bonds is 5. The van der Waals surface area contributed by atoms with Crippen LogP contribution in [0.3, 0.4) is 0 Å². The second-order valence-electron chi connectivity index (χ2n) is 4.85. The highest BCUT2D eigenvalue weighted by atomic mass is 19.3. The SMILES string of the molecule is O[C@H](Cn1cnc2ccccc21)c1ccc(OC(F)F)cc1. The summed E-state index contributed by atoms with van der Waals surface area (Å²) in [5.41, 5.74) is 2.41. The van der Waals surface area contributed by atoms with Gasteiger partial charge in [-0.3, -0.25) is 0 Å². The van der Waals surface area contributed by atoms with Crippen LogP contribution in [0.5, 0.6) is 5.75 Å². The molecule has 2 aromatic carbocycles. The van der Waals surface area contributed by atoms with Crippen LogP contribution < -0.4 is 4.74 Å². The Morgan fingerprint density at radius 2 is 1.82 bits per heavy atom. The summed E-state index contributed by atoms with van der Waals surface area (Å²) in [5, 5.41) is 10.3. The Kier molecular flexibility index (Phi) is 4.02. The molecule has 0 aliphatic heterocycles. The lowest BCUT2D eigenvalue weighted by Crippen LogP contribution is -2.08. The molecule has 4 nitrogen and oxygen atoms in total. The molecule has 0 bridgehead atoms. The maximum Gasteiger partial charge on any atom is 0.387 e. The van der Waals surface area contributed by atoms with Crippen LogP contribution in [0.25, 0.3) is 11.0 Å². The molecular weight excluding hydrogens is 290 g/mol. The Morgan fingerprint density at radius 1 is 1.09 bits per heavy atom. The van der Waals surface area contributed by atoms with Gasteiger partial charge in [0.1, 0.15) is 5.75 Å². The summed E-state index contributed by atoms with van der Waals surface area (Å²) in [4.78, 5) is 4.26. The fourth-order valence-corrected chi connectivity index (χ4v) is 2.32. The second kappa shape index (κ2) is 6.11. The standard InChI is InChI=1S/C16H14F2N2O2/c17-16(18)22-12-7-5-11(6-8-12)15(21)9-20-10-19-13-3-1-2-4-14(13)20/h1-8,10,15-16,21H,9H2/t15-/m1/s1. The van der Waals surface area contributed by atoms with Gasteiger partial charge in [0.2, 0.25) is 0 Å². The van der Waals surface area contributed by atoms with Crippen molar-refractivity contribution in [2.24, 2.45) is 0 Å². The van der Waals surface area contributed by atoms with Gasteiger partial charge in [-0.2, -0.15) is 8.78 Å². The molecule has 0 unspecified atom stereocenters. The van der Waals surface area contributed by atoms with Gasteiger partial charge in [0, 0.05) is 0 Å². The van der Waals surface area contributed by atoms with Crippen molar-refractivity contribution in [3.63, 3.8) is 0 Å². The van der Waals surface area contributed by atoms with Crippen molar-refractivity contribution in [2.75, 3.05) is 0 Å². The van der Waals surface area contributed by atoms with E-state index in [0.717, 1.165) is 11.0 Å². The van der Waals surface area contributed by atoms with E-state index < -0.39 is 12.7 Å². The number of aromatic nitrogens is 2. The number of ether oxygens (including phenoxy) is 1. The molecule has 0 fully saturated rings. The number of nitrogens with zero attached hydrogens (tertiary/aromatic N) is 2. The number of imidazole rings is 1. The van der Waals surface area contributed by atoms with E-state index in [1.807, 2.05) is 28.8 Å². The van der Waals surface area contributed by atoms with Crippen LogP contribution in [0.1, 0.15) is 11.7 Å². The van der Waals surface area contributed by atoms with E-state index in [-0.39, 0.29) is 5.75 Å². The molecule has 0 radical (unpaired) electrons. The summed E-state index contributed by atoms with van der Waals surface area (Å²) in [6.07, 6.45) is 0.903. The van der Waals surface area contributed by atoms with Crippen LogP contribution in [-0.2, 0) is 6.54 Å². The van der Waals surface area contributed by atoms with E-state index in [1.54, 1.807) is 18.5 Å². The number of aliphatic hydroxyl groups is 1. The lowest BCUT2D eigenvalue weighted by Gasteiger charge is -2.13. The number of hydrogen-bond acceptors (Lipinski definition) is 3. The number of fused-ring (bicyclic) bond motifs is 1. The Bertz CT molecular complexity index is 756. The van der Waals surface area contributed by atoms with Crippen molar-refractivity contribution < 1.29 is 18.6 Å². The predicted octanol–water partition coefficient (Wildman–Crippen LogP) is 3.37. The van der Waals surface area contributed by atoms with E-state index in [2.05, 4.69) is 9.72 Å². The van der Waals surface area contributed by atoms with Crippen molar-refractivity contribution in [3.05, 3.63) is 60.4 Å². The van der Waals surface area contributed by atoms with Crippen LogP contribution in [0.4, 0.5) is 8.78 Å². The molecule has 3 rings (SSSR count). The van der Waals surface area contributed by atoms with Gasteiger partial charge >= 0.3 is 6.61 Å². The third kappa shape index (κ3) is 3.07. The van der Waals surface area contributed by atoms with Crippen LogP contribution in [-0.4, -0.2) is 21.3 Å². The number of hydrogen-bond donors (Lipinski definition) is 1. The van der Waals surface area contributed by atoms with Crippen molar-refractivity contribution in [2.45, 2.75) is 19.3 Å². The van der Waals surface area contributed by atoms with Gasteiger partial charge in [-0.25, -0.2) is 4.98 Å². The molecule has 6 heteroatoms. The zero-order chi connectivity index (χ0) is 15.5. The van der Waals surface area contributed by atoms with E-state index in [1.165, 1.54) is 12.1 Å². The van der Waals surface area contributed by atoms with Crippen molar-refractivity contribution in [1.82, 2.24) is 9.55 Å². The van der Waals surface area contributed by atoms with Gasteiger partial charge in [-0.15, -0.1) is 0 Å². The molecule has 0 saturated carbocycles. The van der Waals surface area contributed by atoms with E-state index in [0.29, 0.717) is 12.1 Å². The molecule has 1 aromatic heterocycles. The number of benzene rings is 2. The molecule has 0 amide bonds. The molecule has 0 aliphatic rings. The fourth-order valence-electron chi connectivity index (χ4n) is 2.32. The summed E-state index contributed by atoms with van der Waals surface area (Å²) in [6.45, 7) is -2.52. The number of halogens is 2. The van der Waals surface area contributed by atoms with Crippen molar-refractivity contribution in [1.29, 1.82) is 0 Å². The van der Waals surface area contributed by atoms with Crippen LogP contribution >= 0.6 is 0 Å². The number of para-hydroxylation sites is 2. The predicted molar refractivity (Wildman–Crippen MR) is 77.8 cm³/mol. The largest absolute Gasteiger partial charge is 0.435 e. The maximum atomic E-state index is 12.1. The monoisotopic (exact) mass is 304 g/mol. The molecule has 0 aliphatic carbocycles. The molecule has 0 spiro atoms. The molecular formula is C16H14F2N2O2. The Morgan fingerprint density at radius 3 is 2.55 bits per heavy atom. The number of alkyl halides is 2. The molecule has 3 aromatic rings. The van der Waals surface area contributed by atoms with Crippen molar-refractivity contribution in [3.8, 4) is 5.75 Å². The zero-order valence-corrected chi connectivity index (χ0v) is 11.6. The van der Waals surface area contributed by atoms with Gasteiger partial charge < -0.3 is 14.4 Å². The minimum Gasteiger partial charge on any atom is -0.435 e. The average molecular weight is 304 g/mol. The van der Waals surface area contributed by atoms with Crippen LogP contribution in [0.2, 0.25) is 0 Å². The highest BCUT2D eigenvalue weighted by molar-refractivity contribution is 5.74. The summed E-state index contributed by atoms with van der Waals surface area (Å²) < 4.78 is 30.3. The molecule has 0 saturated heterocycles. The van der Waals surface area contributed by atoms with Gasteiger partial charge in [0.25, 0.3) is 0 Å². The first-order chi connectivity index (χ1) is 10.6. The van der Waals surface area contributed by atoms with Crippen LogP contribution in [0, 0.1) is 0 Å². The second-order valence-corrected chi connectivity index (χ2v) is 4.85. The summed E-state index contributed by atoms with van der Waals surface area (Å²) in [5.74, 6) is 0.0685. The molecule has 1 N–H and O–H groups in total. The maximum absolute atomic E-state index is 12.1. The van der Waals surface area contributed by atoms with Gasteiger partial charge in [-0.05, 0) is 29.8 Å². The first-order valence-corrected chi connectivity index (χ1v) is 6.76. The van der Waals surface area contributed by atoms with Gasteiger partial charge in [-0.1, -0.05) is 24.3 Å². The van der Waals surface area contributed by atoms with E-state index in [4.69, 9.17) is 0 Å². The average Bonchev–Trinajstić information content (AvgIpc) is 2.91. The third-order valence-corrected chi connectivity index (χ3v) is 3.39. The molecule has 1 atom stereocenters. The minimum absolute atomic E-state index is 0.0685. The van der Waals surface area contributed by atoms with Crippen molar-refractivity contribution >= 4 is 11.0 Å². The first kappa shape index (κ1) is 14.5. The highest BCUT2D eigenvalue weighted by Gasteiger charge is 2.11. The number of aliphatic hydroxyl groups excluding tert-OH is 1. The normalized spacial score (nSPS) is 12.7. The van der Waals surface area contributed by atoms with Gasteiger partial charge in [0.15, 0.2) is 0 Å². The first-order valence-electron chi connectivity index (χ1n) is 6.76. The third-order valence-electron chi connectivity index (χ3n) is 3.39. The van der Waals surface area contributed by atoms with Crippen LogP contribution in [0.15, 0.2) is 54.9 Å². The Hall–Kier alpha value is -2.47. The lowest BCUT2D eigenvalue weighted by atomic mass is 10.1. The summed E-state index contributed by atoms with van der Waals surface area (Å²) >= 11 is 0. The quantitative estimate of drug-likeness (QED) is 0.786. The fraction of sp³-hybridized carbons (Fsp3) is 0.188. The smallest absolute Gasteiger partial charge is 0.387 e. The zero-order valence-electron chi connectivity index (χ0n) is 11.6. The van der Waals surface area contributed by atoms with E-state index in [9.17, 15) is 13.9 Å². The Balaban J connectivity index is 1.75. The van der Waals surface area contributed by atoms with Gasteiger partial charge in [0.05, 0.1) is 30.0 Å². The summed E-state index contributed by atoms with van der Waals surface area (Å²) in [6, 6.07) is 13.6. The topological polar surface area (TPSA) is 47.3 Å². The molecule has 22 heavy (non-hydrogen) atoms. The molecule has 114 valence electrons.